The lowest BCUT2D eigenvalue weighted by Gasteiger charge is -2.19. The summed E-state index contributed by atoms with van der Waals surface area (Å²) in [5.74, 6) is 0. The molecule has 0 radical (unpaired) electrons. The standard InChI is InChI=1S/C7H14N2O2/c1-3-10-6-8(1)5-9-2-4-11-7-9/h1-7H2. The largest absolute Gasteiger partial charge is 0.365 e. The Kier molecular flexibility index (Phi) is 2.38. The first-order chi connectivity index (χ1) is 5.45. The molecule has 0 amide bonds. The summed E-state index contributed by atoms with van der Waals surface area (Å²) in [6, 6.07) is 0. The molecule has 4 heteroatoms. The summed E-state index contributed by atoms with van der Waals surface area (Å²) < 4.78 is 10.5. The molecule has 0 bridgehead atoms. The van der Waals surface area contributed by atoms with Gasteiger partial charge in [-0.15, -0.1) is 0 Å². The third kappa shape index (κ3) is 1.90. The molecule has 0 aromatic rings. The van der Waals surface area contributed by atoms with Crippen LogP contribution in [0, 0.1) is 0 Å². The third-order valence-corrected chi connectivity index (χ3v) is 2.05. The van der Waals surface area contributed by atoms with Crippen LogP contribution in [-0.2, 0) is 9.47 Å². The number of nitrogens with zero attached hydrogens (tertiary/aromatic N) is 2. The van der Waals surface area contributed by atoms with E-state index >= 15 is 0 Å². The SMILES string of the molecule is C1CN(CN2CCOC2)CO1. The van der Waals surface area contributed by atoms with Crippen LogP contribution in [0.5, 0.6) is 0 Å². The third-order valence-electron chi connectivity index (χ3n) is 2.05. The quantitative estimate of drug-likeness (QED) is 0.542. The molecule has 2 heterocycles. The first kappa shape index (κ1) is 7.49. The molecule has 2 aliphatic heterocycles. The van der Waals surface area contributed by atoms with Crippen LogP contribution >= 0.6 is 0 Å². The number of rotatable bonds is 2. The van der Waals surface area contributed by atoms with E-state index in [1.165, 1.54) is 0 Å². The van der Waals surface area contributed by atoms with E-state index in [1.54, 1.807) is 0 Å². The summed E-state index contributed by atoms with van der Waals surface area (Å²) in [4.78, 5) is 4.57. The van der Waals surface area contributed by atoms with Gasteiger partial charge >= 0.3 is 0 Å². The Bertz CT molecular complexity index is 106. The summed E-state index contributed by atoms with van der Waals surface area (Å²) in [5.41, 5.74) is 0. The minimum atomic E-state index is 0.788. The van der Waals surface area contributed by atoms with Gasteiger partial charge in [0.2, 0.25) is 0 Å². The second kappa shape index (κ2) is 3.49. The van der Waals surface area contributed by atoms with E-state index in [1.807, 2.05) is 0 Å². The van der Waals surface area contributed by atoms with Gasteiger partial charge in [-0.3, -0.25) is 9.80 Å². The van der Waals surface area contributed by atoms with Crippen molar-refractivity contribution >= 4 is 0 Å². The molecule has 2 rings (SSSR count). The van der Waals surface area contributed by atoms with E-state index in [-0.39, 0.29) is 0 Å². The molecule has 0 unspecified atom stereocenters. The van der Waals surface area contributed by atoms with Crippen molar-refractivity contribution in [3.05, 3.63) is 0 Å². The summed E-state index contributed by atoms with van der Waals surface area (Å²) in [7, 11) is 0. The minimum absolute atomic E-state index is 0.788. The number of hydrogen-bond donors (Lipinski definition) is 0. The van der Waals surface area contributed by atoms with E-state index in [0.717, 1.165) is 46.4 Å². The maximum absolute atomic E-state index is 5.23. The Morgan fingerprint density at radius 1 is 0.909 bits per heavy atom. The lowest BCUT2D eigenvalue weighted by molar-refractivity contribution is 0.0724. The first-order valence-electron chi connectivity index (χ1n) is 4.05. The van der Waals surface area contributed by atoms with Gasteiger partial charge in [-0.05, 0) is 0 Å². The van der Waals surface area contributed by atoms with Gasteiger partial charge in [-0.1, -0.05) is 0 Å². The fourth-order valence-corrected chi connectivity index (χ4v) is 1.41. The lowest BCUT2D eigenvalue weighted by atomic mass is 10.6. The van der Waals surface area contributed by atoms with Gasteiger partial charge in [0.05, 0.1) is 19.9 Å². The molecule has 0 aromatic heterocycles. The van der Waals surface area contributed by atoms with Crippen molar-refractivity contribution in [2.45, 2.75) is 0 Å². The second-order valence-corrected chi connectivity index (χ2v) is 3.00. The average Bonchev–Trinajstić information content (AvgIpc) is 2.60. The predicted molar refractivity (Wildman–Crippen MR) is 39.9 cm³/mol. The molecule has 64 valence electrons. The molecule has 4 nitrogen and oxygen atoms in total. The van der Waals surface area contributed by atoms with Gasteiger partial charge in [0.15, 0.2) is 0 Å². The van der Waals surface area contributed by atoms with E-state index in [4.69, 9.17) is 9.47 Å². The Balaban J connectivity index is 1.71. The van der Waals surface area contributed by atoms with Crippen molar-refractivity contribution in [1.82, 2.24) is 9.80 Å². The summed E-state index contributed by atoms with van der Waals surface area (Å²) in [6.45, 7) is 6.48. The summed E-state index contributed by atoms with van der Waals surface area (Å²) in [5, 5.41) is 0. The smallest absolute Gasteiger partial charge is 0.100 e. The molecule has 0 atom stereocenters. The van der Waals surface area contributed by atoms with Crippen LogP contribution in [-0.4, -0.2) is 56.2 Å². The Morgan fingerprint density at radius 3 is 1.82 bits per heavy atom. The van der Waals surface area contributed by atoms with E-state index in [0.29, 0.717) is 0 Å². The van der Waals surface area contributed by atoms with Crippen LogP contribution in [0.25, 0.3) is 0 Å². The van der Waals surface area contributed by atoms with Gasteiger partial charge < -0.3 is 9.47 Å². The van der Waals surface area contributed by atoms with Crippen LogP contribution in [0.1, 0.15) is 0 Å². The maximum Gasteiger partial charge on any atom is 0.100 e. The van der Waals surface area contributed by atoms with Crippen molar-refractivity contribution in [2.24, 2.45) is 0 Å². The van der Waals surface area contributed by atoms with Gasteiger partial charge in [0.25, 0.3) is 0 Å². The Hall–Kier alpha value is -0.160. The second-order valence-electron chi connectivity index (χ2n) is 3.00. The minimum Gasteiger partial charge on any atom is -0.365 e. The highest BCUT2D eigenvalue weighted by Gasteiger charge is 2.18. The normalized spacial score (nSPS) is 28.4. The van der Waals surface area contributed by atoms with Crippen molar-refractivity contribution in [3.63, 3.8) is 0 Å². The average molecular weight is 158 g/mol. The van der Waals surface area contributed by atoms with Crippen LogP contribution in [0.2, 0.25) is 0 Å². The molecule has 2 fully saturated rings. The Labute approximate surface area is 66.7 Å². The van der Waals surface area contributed by atoms with Crippen LogP contribution in [0.15, 0.2) is 0 Å². The Morgan fingerprint density at radius 2 is 1.45 bits per heavy atom. The molecule has 11 heavy (non-hydrogen) atoms. The van der Waals surface area contributed by atoms with Gasteiger partial charge in [0, 0.05) is 13.1 Å². The zero-order chi connectivity index (χ0) is 7.52. The highest BCUT2D eigenvalue weighted by molar-refractivity contribution is 4.62. The topological polar surface area (TPSA) is 24.9 Å². The zero-order valence-corrected chi connectivity index (χ0v) is 6.66. The highest BCUT2D eigenvalue weighted by Crippen LogP contribution is 2.04. The number of ether oxygens (including phenoxy) is 2. The molecule has 0 aromatic carbocycles. The lowest BCUT2D eigenvalue weighted by Crippen LogP contribution is -2.34. The molecular weight excluding hydrogens is 144 g/mol. The fourth-order valence-electron chi connectivity index (χ4n) is 1.41. The van der Waals surface area contributed by atoms with Gasteiger partial charge in [-0.25, -0.2) is 0 Å². The molecular formula is C7H14N2O2. The van der Waals surface area contributed by atoms with Gasteiger partial charge in [0.1, 0.15) is 13.5 Å². The molecule has 0 aliphatic carbocycles. The first-order valence-corrected chi connectivity index (χ1v) is 4.05. The molecule has 0 saturated carbocycles. The predicted octanol–water partition coefficient (Wildman–Crippen LogP) is -0.477. The van der Waals surface area contributed by atoms with Crippen molar-refractivity contribution in [3.8, 4) is 0 Å². The van der Waals surface area contributed by atoms with Crippen LogP contribution in [0.3, 0.4) is 0 Å². The van der Waals surface area contributed by atoms with Crippen molar-refractivity contribution in [1.29, 1.82) is 0 Å². The van der Waals surface area contributed by atoms with Crippen molar-refractivity contribution < 1.29 is 9.47 Å². The zero-order valence-electron chi connectivity index (χ0n) is 6.66. The fraction of sp³-hybridized carbons (Fsp3) is 1.00. The van der Waals surface area contributed by atoms with E-state index in [9.17, 15) is 0 Å². The summed E-state index contributed by atoms with van der Waals surface area (Å²) in [6.07, 6.45) is 0. The van der Waals surface area contributed by atoms with E-state index in [2.05, 4.69) is 9.80 Å². The number of hydrogen-bond acceptors (Lipinski definition) is 4. The molecule has 2 aliphatic rings. The maximum atomic E-state index is 5.23. The van der Waals surface area contributed by atoms with Crippen LogP contribution in [0.4, 0.5) is 0 Å². The highest BCUT2D eigenvalue weighted by atomic mass is 16.5. The molecule has 0 spiro atoms. The summed E-state index contributed by atoms with van der Waals surface area (Å²) >= 11 is 0. The van der Waals surface area contributed by atoms with Crippen molar-refractivity contribution in [2.75, 3.05) is 46.4 Å². The van der Waals surface area contributed by atoms with Gasteiger partial charge in [-0.2, -0.15) is 0 Å². The molecule has 2 saturated heterocycles. The monoisotopic (exact) mass is 158 g/mol. The molecule has 0 N–H and O–H groups in total. The van der Waals surface area contributed by atoms with Crippen LogP contribution < -0.4 is 0 Å². The van der Waals surface area contributed by atoms with E-state index < -0.39 is 0 Å².